The molecule has 1 aliphatic heterocycles. The van der Waals surface area contributed by atoms with E-state index in [1.807, 2.05) is 13.8 Å². The van der Waals surface area contributed by atoms with E-state index in [-0.39, 0.29) is 24.4 Å². The van der Waals surface area contributed by atoms with Crippen molar-refractivity contribution in [3.8, 4) is 0 Å². The molecule has 3 rings (SSSR count). The molecule has 198 valence electrons. The van der Waals surface area contributed by atoms with E-state index in [0.717, 1.165) is 24.6 Å². The Bertz CT molecular complexity index is 1000. The Balaban J connectivity index is 1.99. The van der Waals surface area contributed by atoms with E-state index in [4.69, 9.17) is 0 Å². The Hall–Kier alpha value is -2.62. The average Bonchev–Trinajstić information content (AvgIpc) is 2.78. The molecule has 1 aromatic carbocycles. The van der Waals surface area contributed by atoms with Gasteiger partial charge in [0.25, 0.3) is 0 Å². The van der Waals surface area contributed by atoms with Crippen LogP contribution in [0.3, 0.4) is 0 Å². The van der Waals surface area contributed by atoms with Gasteiger partial charge in [-0.15, -0.1) is 0 Å². The molecule has 0 spiro atoms. The Labute approximate surface area is 206 Å². The molecule has 0 aliphatic carbocycles. The summed E-state index contributed by atoms with van der Waals surface area (Å²) in [5.41, 5.74) is -0.558. The third kappa shape index (κ3) is 7.21. The van der Waals surface area contributed by atoms with Gasteiger partial charge in [-0.25, -0.2) is 0 Å². The zero-order valence-electron chi connectivity index (χ0n) is 20.1. The maximum Gasteiger partial charge on any atom is 0.433 e. The number of benzene rings is 1. The Morgan fingerprint density at radius 2 is 1.69 bits per heavy atom. The molecule has 1 aromatic heterocycles. The smallest absolute Gasteiger partial charge is 0.433 e. The highest BCUT2D eigenvalue weighted by Crippen LogP contribution is 2.43. The number of alkyl halides is 6. The molecule has 10 heteroatoms. The summed E-state index contributed by atoms with van der Waals surface area (Å²) in [6.07, 6.45) is -5.50. The summed E-state index contributed by atoms with van der Waals surface area (Å²) in [5.74, 6) is -0.783. The lowest BCUT2D eigenvalue weighted by Crippen LogP contribution is -2.40. The highest BCUT2D eigenvalue weighted by atomic mass is 19.4. The van der Waals surface area contributed by atoms with Gasteiger partial charge >= 0.3 is 18.3 Å². The second-order valence-electron chi connectivity index (χ2n) is 9.82. The number of carbonyl (C=O) groups is 1. The number of aliphatic carboxylic acids is 1. The molecule has 1 saturated heterocycles. The SMILES string of the molecule is CC(C)CCC(c1ccc(C(F)(F)F)nc1)N1CCC(CC(=O)O)CC1c1ccc(C(F)(F)F)cc1. The molecule has 1 fully saturated rings. The standard InChI is InChI=1S/C26H30F6N2O2/c1-16(2)3-9-21(19-6-10-23(33-15-19)26(30,31)32)34-12-11-17(14-24(35)36)13-22(34)18-4-7-20(8-5-18)25(27,28)29/h4-8,10,15-17,21-22H,3,9,11-14H2,1-2H3,(H,35,36). The number of nitrogens with zero attached hydrogens (tertiary/aromatic N) is 2. The Morgan fingerprint density at radius 3 is 2.19 bits per heavy atom. The first-order chi connectivity index (χ1) is 16.8. The van der Waals surface area contributed by atoms with Crippen molar-refractivity contribution in [2.24, 2.45) is 11.8 Å². The van der Waals surface area contributed by atoms with Gasteiger partial charge in [-0.2, -0.15) is 26.3 Å². The topological polar surface area (TPSA) is 53.4 Å². The molecule has 1 aliphatic rings. The molecule has 0 saturated carbocycles. The van der Waals surface area contributed by atoms with Crippen LogP contribution in [0.1, 0.15) is 80.4 Å². The number of carboxylic acid groups (broad SMARTS) is 1. The molecular formula is C26H30F6N2O2. The summed E-state index contributed by atoms with van der Waals surface area (Å²) in [6, 6.07) is 6.50. The van der Waals surface area contributed by atoms with Crippen LogP contribution in [0.2, 0.25) is 0 Å². The fourth-order valence-corrected chi connectivity index (χ4v) is 4.87. The first kappa shape index (κ1) is 28.0. The van der Waals surface area contributed by atoms with Crippen molar-refractivity contribution in [1.29, 1.82) is 0 Å². The maximum absolute atomic E-state index is 13.1. The minimum absolute atomic E-state index is 0.0521. The summed E-state index contributed by atoms with van der Waals surface area (Å²) >= 11 is 0. The van der Waals surface area contributed by atoms with Gasteiger partial charge in [-0.3, -0.25) is 14.7 Å². The van der Waals surface area contributed by atoms with E-state index >= 15 is 0 Å². The van der Waals surface area contributed by atoms with Crippen molar-refractivity contribution in [2.75, 3.05) is 6.54 Å². The number of piperidine rings is 1. The van der Waals surface area contributed by atoms with Crippen LogP contribution in [0.5, 0.6) is 0 Å². The number of hydrogen-bond acceptors (Lipinski definition) is 3. The van der Waals surface area contributed by atoms with Crippen molar-refractivity contribution in [2.45, 2.75) is 70.4 Å². The summed E-state index contributed by atoms with van der Waals surface area (Å²) < 4.78 is 78.6. The van der Waals surface area contributed by atoms with Crippen LogP contribution in [0.4, 0.5) is 26.3 Å². The zero-order chi connectivity index (χ0) is 26.7. The molecule has 36 heavy (non-hydrogen) atoms. The van der Waals surface area contributed by atoms with Crippen LogP contribution >= 0.6 is 0 Å². The third-order valence-corrected chi connectivity index (χ3v) is 6.72. The molecule has 3 unspecified atom stereocenters. The zero-order valence-corrected chi connectivity index (χ0v) is 20.1. The number of halogens is 6. The van der Waals surface area contributed by atoms with E-state index in [9.17, 15) is 36.2 Å². The van der Waals surface area contributed by atoms with Crippen LogP contribution in [0.25, 0.3) is 0 Å². The van der Waals surface area contributed by atoms with Crippen molar-refractivity contribution in [3.63, 3.8) is 0 Å². The summed E-state index contributed by atoms with van der Waals surface area (Å²) in [4.78, 5) is 17.1. The first-order valence-corrected chi connectivity index (χ1v) is 11.9. The Kier molecular flexibility index (Phi) is 8.69. The molecule has 4 nitrogen and oxygen atoms in total. The molecule has 0 radical (unpaired) electrons. The van der Waals surface area contributed by atoms with Crippen LogP contribution in [-0.4, -0.2) is 27.5 Å². The normalized spacial score (nSPS) is 20.5. The lowest BCUT2D eigenvalue weighted by Gasteiger charge is -2.44. The number of hydrogen-bond donors (Lipinski definition) is 1. The monoisotopic (exact) mass is 516 g/mol. The number of carboxylic acids is 1. The predicted molar refractivity (Wildman–Crippen MR) is 122 cm³/mol. The first-order valence-electron chi connectivity index (χ1n) is 11.9. The van der Waals surface area contributed by atoms with Crippen LogP contribution in [-0.2, 0) is 17.1 Å². The fraction of sp³-hybridized carbons (Fsp3) is 0.538. The van der Waals surface area contributed by atoms with Gasteiger partial charge in [-0.1, -0.05) is 32.0 Å². The average molecular weight is 517 g/mol. The van der Waals surface area contributed by atoms with Gasteiger partial charge in [0.2, 0.25) is 0 Å². The van der Waals surface area contributed by atoms with Crippen LogP contribution in [0.15, 0.2) is 42.6 Å². The molecule has 2 aromatic rings. The summed E-state index contributed by atoms with van der Waals surface area (Å²) in [6.45, 7) is 4.54. The van der Waals surface area contributed by atoms with E-state index in [1.54, 1.807) is 0 Å². The van der Waals surface area contributed by atoms with Gasteiger partial charge in [0.1, 0.15) is 5.69 Å². The summed E-state index contributed by atoms with van der Waals surface area (Å²) in [5, 5.41) is 9.30. The minimum atomic E-state index is -4.57. The molecule has 2 heterocycles. The lowest BCUT2D eigenvalue weighted by atomic mass is 9.82. The van der Waals surface area contributed by atoms with Crippen LogP contribution < -0.4 is 0 Å². The Morgan fingerprint density at radius 1 is 1.03 bits per heavy atom. The van der Waals surface area contributed by atoms with E-state index in [0.29, 0.717) is 42.9 Å². The molecule has 0 amide bonds. The molecule has 0 bridgehead atoms. The predicted octanol–water partition coefficient (Wildman–Crippen LogP) is 7.52. The fourth-order valence-electron chi connectivity index (χ4n) is 4.87. The van der Waals surface area contributed by atoms with E-state index < -0.39 is 29.6 Å². The highest BCUT2D eigenvalue weighted by molar-refractivity contribution is 5.67. The van der Waals surface area contributed by atoms with Gasteiger partial charge in [0.05, 0.1) is 5.56 Å². The van der Waals surface area contributed by atoms with Crippen molar-refractivity contribution in [3.05, 3.63) is 65.0 Å². The van der Waals surface area contributed by atoms with E-state index in [1.165, 1.54) is 24.4 Å². The second-order valence-corrected chi connectivity index (χ2v) is 9.82. The quantitative estimate of drug-likeness (QED) is 0.369. The number of pyridine rings is 1. The van der Waals surface area contributed by atoms with Gasteiger partial charge in [-0.05, 0) is 73.4 Å². The minimum Gasteiger partial charge on any atom is -0.481 e. The lowest BCUT2D eigenvalue weighted by molar-refractivity contribution is -0.141. The number of rotatable bonds is 8. The number of aromatic nitrogens is 1. The van der Waals surface area contributed by atoms with Crippen molar-refractivity contribution < 1.29 is 36.2 Å². The molecular weight excluding hydrogens is 486 g/mol. The van der Waals surface area contributed by atoms with E-state index in [2.05, 4.69) is 9.88 Å². The van der Waals surface area contributed by atoms with Gasteiger partial charge < -0.3 is 5.11 Å². The van der Waals surface area contributed by atoms with Crippen LogP contribution in [0, 0.1) is 11.8 Å². The van der Waals surface area contributed by atoms with Gasteiger partial charge in [0.15, 0.2) is 0 Å². The second kappa shape index (κ2) is 11.2. The maximum atomic E-state index is 13.1. The third-order valence-electron chi connectivity index (χ3n) is 6.72. The van der Waals surface area contributed by atoms with Crippen molar-refractivity contribution >= 4 is 5.97 Å². The number of likely N-dealkylation sites (tertiary alicyclic amines) is 1. The summed E-state index contributed by atoms with van der Waals surface area (Å²) in [7, 11) is 0. The molecule has 1 N–H and O–H groups in total. The van der Waals surface area contributed by atoms with Gasteiger partial charge in [0, 0.05) is 24.7 Å². The largest absolute Gasteiger partial charge is 0.481 e. The van der Waals surface area contributed by atoms with Crippen molar-refractivity contribution in [1.82, 2.24) is 9.88 Å². The highest BCUT2D eigenvalue weighted by Gasteiger charge is 2.37. The molecule has 3 atom stereocenters.